The maximum atomic E-state index is 12.7. The fourth-order valence-corrected chi connectivity index (χ4v) is 1.61. The van der Waals surface area contributed by atoms with Gasteiger partial charge in [-0.2, -0.15) is 0 Å². The van der Waals surface area contributed by atoms with Crippen LogP contribution in [-0.2, 0) is 11.3 Å². The number of rotatable bonds is 8. The molecular weight excluding hydrogens is 245 g/mol. The van der Waals surface area contributed by atoms with Gasteiger partial charge in [0.25, 0.3) is 0 Å². The molecule has 0 bridgehead atoms. The number of nitrogens with one attached hydrogen (secondary N) is 2. The number of carbonyl (C=O) groups excluding carboxylic acids is 1. The van der Waals surface area contributed by atoms with E-state index in [9.17, 15) is 9.18 Å². The molecule has 0 unspecified atom stereocenters. The summed E-state index contributed by atoms with van der Waals surface area (Å²) in [7, 11) is 0. The van der Waals surface area contributed by atoms with E-state index >= 15 is 0 Å². The highest BCUT2D eigenvalue weighted by Crippen LogP contribution is 2.05. The van der Waals surface area contributed by atoms with Crippen molar-refractivity contribution in [2.45, 2.75) is 32.7 Å². The summed E-state index contributed by atoms with van der Waals surface area (Å²) in [5.41, 5.74) is 4.42. The van der Waals surface area contributed by atoms with Crippen LogP contribution in [0.4, 0.5) is 4.39 Å². The number of carbonyl (C=O) groups is 1. The molecule has 0 heterocycles. The SMILES string of the molecule is CC(=O)CCC/C(=C/NCc1ccc(F)cc1)NN. The minimum absolute atomic E-state index is 0.177. The molecule has 0 saturated carbocycles. The lowest BCUT2D eigenvalue weighted by Gasteiger charge is -2.07. The number of allylic oxidation sites excluding steroid dienone is 1. The molecule has 0 aliphatic rings. The van der Waals surface area contributed by atoms with Crippen LogP contribution in [0.15, 0.2) is 36.2 Å². The van der Waals surface area contributed by atoms with Gasteiger partial charge < -0.3 is 15.5 Å². The van der Waals surface area contributed by atoms with Crippen LogP contribution in [0.25, 0.3) is 0 Å². The predicted molar refractivity (Wildman–Crippen MR) is 73.2 cm³/mol. The molecule has 4 nitrogen and oxygen atoms in total. The number of benzene rings is 1. The summed E-state index contributed by atoms with van der Waals surface area (Å²) >= 11 is 0. The van der Waals surface area contributed by atoms with E-state index in [-0.39, 0.29) is 11.6 Å². The van der Waals surface area contributed by atoms with Gasteiger partial charge in [0.1, 0.15) is 11.6 Å². The number of Topliss-reactive ketones (excluding diaryl/α,β-unsaturated/α-hetero) is 1. The van der Waals surface area contributed by atoms with Gasteiger partial charge in [-0.25, -0.2) is 4.39 Å². The topological polar surface area (TPSA) is 67.2 Å². The Balaban J connectivity index is 2.35. The van der Waals surface area contributed by atoms with Crippen molar-refractivity contribution in [2.75, 3.05) is 0 Å². The Morgan fingerprint density at radius 3 is 2.58 bits per heavy atom. The minimum atomic E-state index is -0.243. The molecule has 0 amide bonds. The third kappa shape index (κ3) is 6.57. The summed E-state index contributed by atoms with van der Waals surface area (Å²) in [5.74, 6) is 5.33. The second kappa shape index (κ2) is 8.26. The van der Waals surface area contributed by atoms with E-state index in [0.29, 0.717) is 19.4 Å². The van der Waals surface area contributed by atoms with Gasteiger partial charge in [-0.05, 0) is 37.5 Å². The van der Waals surface area contributed by atoms with Crippen molar-refractivity contribution in [1.29, 1.82) is 0 Å². The number of ketones is 1. The fourth-order valence-electron chi connectivity index (χ4n) is 1.61. The Labute approximate surface area is 112 Å². The molecule has 0 aliphatic heterocycles. The Hall–Kier alpha value is -1.88. The van der Waals surface area contributed by atoms with E-state index in [1.54, 1.807) is 25.3 Å². The average molecular weight is 265 g/mol. The van der Waals surface area contributed by atoms with Gasteiger partial charge in [-0.15, -0.1) is 0 Å². The molecule has 5 heteroatoms. The Morgan fingerprint density at radius 2 is 2.00 bits per heavy atom. The summed E-state index contributed by atoms with van der Waals surface area (Å²) in [6, 6.07) is 6.30. The van der Waals surface area contributed by atoms with E-state index in [0.717, 1.165) is 17.7 Å². The summed E-state index contributed by atoms with van der Waals surface area (Å²) in [6.07, 6.45) is 3.82. The zero-order valence-corrected chi connectivity index (χ0v) is 11.1. The van der Waals surface area contributed by atoms with Crippen LogP contribution in [0.3, 0.4) is 0 Å². The maximum absolute atomic E-state index is 12.7. The largest absolute Gasteiger partial charge is 0.385 e. The van der Waals surface area contributed by atoms with Crippen molar-refractivity contribution in [1.82, 2.24) is 10.7 Å². The molecule has 0 saturated heterocycles. The zero-order chi connectivity index (χ0) is 14.1. The van der Waals surface area contributed by atoms with Gasteiger partial charge in [0, 0.05) is 24.9 Å². The van der Waals surface area contributed by atoms with E-state index < -0.39 is 0 Å². The molecule has 0 radical (unpaired) electrons. The van der Waals surface area contributed by atoms with Crippen LogP contribution in [0.2, 0.25) is 0 Å². The molecule has 0 spiro atoms. The zero-order valence-electron chi connectivity index (χ0n) is 11.1. The standard InChI is InChI=1S/C14H20FN3O/c1-11(19)3-2-4-14(18-16)10-17-9-12-5-7-13(15)8-6-12/h5-8,10,17-18H,2-4,9,16H2,1H3/b14-10-. The van der Waals surface area contributed by atoms with Crippen molar-refractivity contribution in [2.24, 2.45) is 5.84 Å². The maximum Gasteiger partial charge on any atom is 0.129 e. The van der Waals surface area contributed by atoms with E-state index in [1.807, 2.05) is 0 Å². The summed E-state index contributed by atoms with van der Waals surface area (Å²) < 4.78 is 12.7. The summed E-state index contributed by atoms with van der Waals surface area (Å²) in [6.45, 7) is 2.17. The Bertz CT molecular complexity index is 429. The first kappa shape index (κ1) is 15.2. The van der Waals surface area contributed by atoms with Gasteiger partial charge in [0.15, 0.2) is 0 Å². The quantitative estimate of drug-likeness (QED) is 0.496. The van der Waals surface area contributed by atoms with Crippen LogP contribution in [0.1, 0.15) is 31.7 Å². The van der Waals surface area contributed by atoms with Crippen molar-refractivity contribution in [3.8, 4) is 0 Å². The minimum Gasteiger partial charge on any atom is -0.385 e. The predicted octanol–water partition coefficient (Wildman–Crippen LogP) is 1.98. The summed E-state index contributed by atoms with van der Waals surface area (Å²) in [5, 5.41) is 3.10. The van der Waals surface area contributed by atoms with Gasteiger partial charge in [0.05, 0.1) is 0 Å². The molecule has 1 rings (SSSR count). The van der Waals surface area contributed by atoms with Crippen molar-refractivity contribution < 1.29 is 9.18 Å². The second-order valence-corrected chi connectivity index (χ2v) is 4.38. The number of hydrogen-bond donors (Lipinski definition) is 3. The lowest BCUT2D eigenvalue weighted by Crippen LogP contribution is -2.23. The fraction of sp³-hybridized carbons (Fsp3) is 0.357. The molecule has 0 atom stereocenters. The molecule has 0 fully saturated rings. The summed E-state index contributed by atoms with van der Waals surface area (Å²) in [4.78, 5) is 10.8. The lowest BCUT2D eigenvalue weighted by atomic mass is 10.1. The first-order valence-electron chi connectivity index (χ1n) is 6.24. The van der Waals surface area contributed by atoms with E-state index in [2.05, 4.69) is 10.7 Å². The van der Waals surface area contributed by atoms with Crippen LogP contribution in [0, 0.1) is 5.82 Å². The van der Waals surface area contributed by atoms with Gasteiger partial charge in [-0.1, -0.05) is 12.1 Å². The van der Waals surface area contributed by atoms with Crippen molar-refractivity contribution in [3.63, 3.8) is 0 Å². The Kier molecular flexibility index (Phi) is 6.60. The Morgan fingerprint density at radius 1 is 1.32 bits per heavy atom. The smallest absolute Gasteiger partial charge is 0.129 e. The molecule has 104 valence electrons. The van der Waals surface area contributed by atoms with Gasteiger partial charge in [0.2, 0.25) is 0 Å². The first-order chi connectivity index (χ1) is 9.11. The van der Waals surface area contributed by atoms with E-state index in [1.165, 1.54) is 12.1 Å². The van der Waals surface area contributed by atoms with Crippen molar-refractivity contribution >= 4 is 5.78 Å². The lowest BCUT2D eigenvalue weighted by molar-refractivity contribution is -0.117. The van der Waals surface area contributed by atoms with Gasteiger partial charge >= 0.3 is 0 Å². The van der Waals surface area contributed by atoms with Crippen LogP contribution < -0.4 is 16.6 Å². The van der Waals surface area contributed by atoms with Crippen LogP contribution in [-0.4, -0.2) is 5.78 Å². The molecule has 0 aromatic heterocycles. The molecule has 19 heavy (non-hydrogen) atoms. The highest BCUT2D eigenvalue weighted by atomic mass is 19.1. The van der Waals surface area contributed by atoms with Crippen molar-refractivity contribution in [3.05, 3.63) is 47.5 Å². The third-order valence-electron chi connectivity index (χ3n) is 2.66. The van der Waals surface area contributed by atoms with Crippen LogP contribution in [0.5, 0.6) is 0 Å². The van der Waals surface area contributed by atoms with Crippen LogP contribution >= 0.6 is 0 Å². The highest BCUT2D eigenvalue weighted by Gasteiger charge is 1.98. The number of hydrogen-bond acceptors (Lipinski definition) is 4. The average Bonchev–Trinajstić information content (AvgIpc) is 2.39. The number of nitrogens with two attached hydrogens (primary N) is 1. The first-order valence-corrected chi connectivity index (χ1v) is 6.24. The van der Waals surface area contributed by atoms with E-state index in [4.69, 9.17) is 5.84 Å². The molecule has 1 aromatic carbocycles. The van der Waals surface area contributed by atoms with Gasteiger partial charge in [-0.3, -0.25) is 5.84 Å². The monoisotopic (exact) mass is 265 g/mol. The normalized spacial score (nSPS) is 11.2. The highest BCUT2D eigenvalue weighted by molar-refractivity contribution is 5.75. The third-order valence-corrected chi connectivity index (χ3v) is 2.66. The molecule has 4 N–H and O–H groups in total. The second-order valence-electron chi connectivity index (χ2n) is 4.38. The number of hydrazine groups is 1. The molecule has 1 aromatic rings. The number of halogens is 1. The molecule has 0 aliphatic carbocycles. The molecular formula is C14H20FN3O.